The van der Waals surface area contributed by atoms with Crippen molar-refractivity contribution in [1.29, 1.82) is 0 Å². The van der Waals surface area contributed by atoms with Gasteiger partial charge in [0.25, 0.3) is 5.91 Å². The Morgan fingerprint density at radius 3 is 2.62 bits per heavy atom. The molecule has 1 aliphatic carbocycles. The lowest BCUT2D eigenvalue weighted by atomic mass is 9.95. The van der Waals surface area contributed by atoms with Gasteiger partial charge in [0.15, 0.2) is 5.76 Å². The molecule has 1 aliphatic heterocycles. The second-order valence-corrected chi connectivity index (χ2v) is 8.50. The van der Waals surface area contributed by atoms with Crippen LogP contribution in [0.2, 0.25) is 0 Å². The van der Waals surface area contributed by atoms with E-state index in [0.29, 0.717) is 18.8 Å². The summed E-state index contributed by atoms with van der Waals surface area (Å²) in [5, 5.41) is 16.4. The number of amides is 1. The van der Waals surface area contributed by atoms with Crippen LogP contribution in [-0.4, -0.2) is 23.3 Å². The van der Waals surface area contributed by atoms with E-state index < -0.39 is 6.29 Å². The summed E-state index contributed by atoms with van der Waals surface area (Å²) >= 11 is 1.65. The average molecular weight is 414 g/mol. The monoisotopic (exact) mass is 413 g/mol. The number of allylic oxidation sites excluding steroid dienone is 1. The highest BCUT2D eigenvalue weighted by Gasteiger charge is 2.30. The van der Waals surface area contributed by atoms with E-state index in [1.54, 1.807) is 11.3 Å². The van der Waals surface area contributed by atoms with Crippen molar-refractivity contribution in [2.24, 2.45) is 0 Å². The Balaban J connectivity index is 1.43. The second-order valence-electron chi connectivity index (χ2n) is 7.72. The van der Waals surface area contributed by atoms with E-state index in [1.807, 2.05) is 30.3 Å². The average Bonchev–Trinajstić information content (AvgIpc) is 3.47. The number of ether oxygens (including phenoxy) is 2. The highest BCUT2D eigenvalue weighted by molar-refractivity contribution is 7.08. The van der Waals surface area contributed by atoms with Crippen molar-refractivity contribution in [2.45, 2.75) is 63.6 Å². The Hall–Kier alpha value is -2.15. The molecule has 2 aliphatic rings. The summed E-state index contributed by atoms with van der Waals surface area (Å²) in [5.74, 6) is 0.318. The maximum atomic E-state index is 12.8. The first kappa shape index (κ1) is 20.1. The van der Waals surface area contributed by atoms with E-state index in [1.165, 1.54) is 18.4 Å². The largest absolute Gasteiger partial charge is 0.459 e. The molecule has 0 spiro atoms. The molecule has 1 aromatic heterocycles. The number of nitrogens with one attached hydrogen (secondary N) is 1. The van der Waals surface area contributed by atoms with Crippen LogP contribution in [0.4, 0.5) is 0 Å². The van der Waals surface area contributed by atoms with Crippen LogP contribution in [0.25, 0.3) is 0 Å². The minimum atomic E-state index is -0.480. The molecule has 2 atom stereocenters. The lowest BCUT2D eigenvalue weighted by molar-refractivity contribution is -0.150. The zero-order valence-corrected chi connectivity index (χ0v) is 17.2. The fourth-order valence-corrected chi connectivity index (χ4v) is 4.62. The lowest BCUT2D eigenvalue weighted by Gasteiger charge is -2.29. The molecule has 2 heterocycles. The van der Waals surface area contributed by atoms with Gasteiger partial charge < -0.3 is 19.9 Å². The molecule has 2 aromatic rings. The van der Waals surface area contributed by atoms with Crippen LogP contribution in [0.5, 0.6) is 0 Å². The fourth-order valence-electron chi connectivity index (χ4n) is 3.89. The summed E-state index contributed by atoms with van der Waals surface area (Å²) in [6, 6.07) is 9.99. The van der Waals surface area contributed by atoms with Crippen LogP contribution in [0, 0.1) is 0 Å². The standard InChI is InChI=1S/C23H27NO4S/c25-13-16-5-7-17(8-6-16)14-27-22-12-19(18-9-10-29-15-18)11-21(28-22)23(26)24-20-3-1-2-4-20/h5-11,15,19-20,22,25H,1-4,12-14H2,(H,24,26)/t19-,22+/m0/s1. The summed E-state index contributed by atoms with van der Waals surface area (Å²) < 4.78 is 12.0. The SMILES string of the molecule is O=C(NC1CCCC1)C1=C[C@H](c2ccsc2)C[C@H](OCc2ccc(CO)cc2)O1. The van der Waals surface area contributed by atoms with Crippen molar-refractivity contribution in [1.82, 2.24) is 5.32 Å². The van der Waals surface area contributed by atoms with Crippen molar-refractivity contribution in [3.8, 4) is 0 Å². The molecule has 4 rings (SSSR count). The summed E-state index contributed by atoms with van der Waals surface area (Å²) in [6.07, 6.45) is 6.54. The number of rotatable bonds is 7. The van der Waals surface area contributed by atoms with Crippen LogP contribution in [0.3, 0.4) is 0 Å². The normalized spacial score (nSPS) is 22.2. The molecule has 1 saturated carbocycles. The topological polar surface area (TPSA) is 67.8 Å². The van der Waals surface area contributed by atoms with Gasteiger partial charge in [-0.05, 0) is 52.4 Å². The first-order chi connectivity index (χ1) is 14.2. The van der Waals surface area contributed by atoms with Crippen LogP contribution >= 0.6 is 11.3 Å². The van der Waals surface area contributed by atoms with E-state index in [-0.39, 0.29) is 24.5 Å². The first-order valence-corrected chi connectivity index (χ1v) is 11.2. The van der Waals surface area contributed by atoms with Crippen LogP contribution in [0.1, 0.15) is 54.7 Å². The van der Waals surface area contributed by atoms with Gasteiger partial charge in [0.2, 0.25) is 6.29 Å². The molecule has 0 saturated heterocycles. The number of aliphatic hydroxyl groups excluding tert-OH is 1. The number of hydrogen-bond acceptors (Lipinski definition) is 5. The van der Waals surface area contributed by atoms with Gasteiger partial charge in [0.1, 0.15) is 0 Å². The molecule has 1 aromatic carbocycles. The van der Waals surface area contributed by atoms with Gasteiger partial charge in [0, 0.05) is 18.4 Å². The van der Waals surface area contributed by atoms with Gasteiger partial charge in [-0.2, -0.15) is 11.3 Å². The van der Waals surface area contributed by atoms with Crippen molar-refractivity contribution >= 4 is 17.2 Å². The van der Waals surface area contributed by atoms with Crippen molar-refractivity contribution in [3.63, 3.8) is 0 Å². The smallest absolute Gasteiger partial charge is 0.286 e. The Morgan fingerprint density at radius 1 is 1.17 bits per heavy atom. The number of carbonyl (C=O) groups is 1. The molecule has 0 radical (unpaired) electrons. The number of aliphatic hydroxyl groups is 1. The predicted molar refractivity (Wildman–Crippen MR) is 112 cm³/mol. The van der Waals surface area contributed by atoms with Crippen LogP contribution in [0.15, 0.2) is 52.9 Å². The molecule has 29 heavy (non-hydrogen) atoms. The van der Waals surface area contributed by atoms with Crippen LogP contribution < -0.4 is 5.32 Å². The summed E-state index contributed by atoms with van der Waals surface area (Å²) in [7, 11) is 0. The molecule has 0 bridgehead atoms. The molecular formula is C23H27NO4S. The van der Waals surface area contributed by atoms with Crippen LogP contribution in [-0.2, 0) is 27.5 Å². The Morgan fingerprint density at radius 2 is 1.93 bits per heavy atom. The zero-order valence-electron chi connectivity index (χ0n) is 16.4. The van der Waals surface area contributed by atoms with Gasteiger partial charge >= 0.3 is 0 Å². The van der Waals surface area contributed by atoms with E-state index in [9.17, 15) is 9.90 Å². The maximum absolute atomic E-state index is 12.8. The quantitative estimate of drug-likeness (QED) is 0.713. The van der Waals surface area contributed by atoms with Gasteiger partial charge in [-0.1, -0.05) is 37.1 Å². The predicted octanol–water partition coefficient (Wildman–Crippen LogP) is 4.23. The molecule has 6 heteroatoms. The van der Waals surface area contributed by atoms with Crippen molar-refractivity contribution < 1.29 is 19.4 Å². The van der Waals surface area contributed by atoms with E-state index >= 15 is 0 Å². The summed E-state index contributed by atoms with van der Waals surface area (Å²) in [5.41, 5.74) is 3.06. The van der Waals surface area contributed by atoms with Gasteiger partial charge in [-0.15, -0.1) is 0 Å². The number of benzene rings is 1. The molecular weight excluding hydrogens is 386 g/mol. The Labute approximate surface area is 175 Å². The molecule has 2 N–H and O–H groups in total. The maximum Gasteiger partial charge on any atom is 0.286 e. The van der Waals surface area contributed by atoms with Gasteiger partial charge in [-0.3, -0.25) is 4.79 Å². The molecule has 5 nitrogen and oxygen atoms in total. The van der Waals surface area contributed by atoms with E-state index in [2.05, 4.69) is 22.1 Å². The number of carbonyl (C=O) groups excluding carboxylic acids is 1. The molecule has 154 valence electrons. The minimum absolute atomic E-state index is 0.0272. The van der Waals surface area contributed by atoms with E-state index in [0.717, 1.165) is 24.0 Å². The van der Waals surface area contributed by atoms with Crippen molar-refractivity contribution in [3.05, 3.63) is 69.6 Å². The third-order valence-corrected chi connectivity index (χ3v) is 6.29. The third-order valence-electron chi connectivity index (χ3n) is 5.58. The lowest BCUT2D eigenvalue weighted by Crippen LogP contribution is -2.37. The van der Waals surface area contributed by atoms with Crippen molar-refractivity contribution in [2.75, 3.05) is 0 Å². The molecule has 1 amide bonds. The Kier molecular flexibility index (Phi) is 6.64. The van der Waals surface area contributed by atoms with Gasteiger partial charge in [-0.25, -0.2) is 0 Å². The minimum Gasteiger partial charge on any atom is -0.459 e. The highest BCUT2D eigenvalue weighted by atomic mass is 32.1. The Bertz CT molecular complexity index is 825. The zero-order chi connectivity index (χ0) is 20.1. The van der Waals surface area contributed by atoms with Gasteiger partial charge in [0.05, 0.1) is 13.2 Å². The summed E-state index contributed by atoms with van der Waals surface area (Å²) in [4.78, 5) is 12.8. The molecule has 1 fully saturated rings. The third kappa shape index (κ3) is 5.26. The second kappa shape index (κ2) is 9.57. The first-order valence-electron chi connectivity index (χ1n) is 10.2. The fraction of sp³-hybridized carbons (Fsp3) is 0.435. The number of thiophene rings is 1. The highest BCUT2D eigenvalue weighted by Crippen LogP contribution is 2.33. The van der Waals surface area contributed by atoms with E-state index in [4.69, 9.17) is 9.47 Å². The number of hydrogen-bond donors (Lipinski definition) is 2. The molecule has 0 unspecified atom stereocenters. The summed E-state index contributed by atoms with van der Waals surface area (Å²) in [6.45, 7) is 0.420.